The summed E-state index contributed by atoms with van der Waals surface area (Å²) in [5.41, 5.74) is 2.42. The predicted octanol–water partition coefficient (Wildman–Crippen LogP) is 2.71. The van der Waals surface area contributed by atoms with E-state index < -0.39 is 8.32 Å². The van der Waals surface area contributed by atoms with E-state index in [1.165, 1.54) is 16.5 Å². The number of benzene rings is 2. The molecule has 2 aromatic carbocycles. The first-order valence-corrected chi connectivity index (χ1v) is 11.8. The molecule has 0 unspecified atom stereocenters. The first-order chi connectivity index (χ1) is 11.7. The summed E-state index contributed by atoms with van der Waals surface area (Å²) in [7, 11) is -0.167. The van der Waals surface area contributed by atoms with Crippen molar-refractivity contribution in [3.63, 3.8) is 0 Å². The molecule has 2 rings (SSSR count). The number of hydrogen-bond donors (Lipinski definition) is 0. The summed E-state index contributed by atoms with van der Waals surface area (Å²) in [5.74, 6) is 0.755. The Bertz CT molecular complexity index is 723. The topological polar surface area (TPSA) is 27.7 Å². The van der Waals surface area contributed by atoms with Crippen molar-refractivity contribution in [3.05, 3.63) is 41.5 Å². The van der Waals surface area contributed by atoms with E-state index in [-0.39, 0.29) is 30.7 Å². The van der Waals surface area contributed by atoms with E-state index in [9.17, 15) is 0 Å². The Labute approximate surface area is 171 Å². The first-order valence-electron chi connectivity index (χ1n) is 8.92. The number of fused-ring (bicyclic) bond motifs is 1. The number of methoxy groups -OCH3 is 1. The van der Waals surface area contributed by atoms with E-state index in [4.69, 9.17) is 13.9 Å². The van der Waals surface area contributed by atoms with Crippen LogP contribution in [0.5, 0.6) is 5.75 Å². The molecule has 3 nitrogen and oxygen atoms in total. The fourth-order valence-corrected chi connectivity index (χ4v) is 3.51. The number of ether oxygens (including phenoxy) is 2. The smallest absolute Gasteiger partial charge is 0.493 e. The summed E-state index contributed by atoms with van der Waals surface area (Å²) in [6.07, 6.45) is 0.946. The van der Waals surface area contributed by atoms with Crippen molar-refractivity contribution in [3.8, 4) is 5.75 Å². The largest absolute Gasteiger partial charge is 1.00 e. The molecule has 0 saturated heterocycles. The minimum Gasteiger partial charge on any atom is -0.493 e. The van der Waals surface area contributed by atoms with Crippen LogP contribution in [0.15, 0.2) is 24.3 Å². The van der Waals surface area contributed by atoms with E-state index in [0.29, 0.717) is 6.61 Å². The SMILES string of the molecule is CCc1cccc2c(CO[Si](C)(C)C(C)(C)C)c[c-]c(OCOC)c12.[Li+]. The number of aryl methyl sites for hydroxylation is 1. The number of rotatable bonds is 7. The van der Waals surface area contributed by atoms with Crippen LogP contribution in [0.25, 0.3) is 10.8 Å². The maximum absolute atomic E-state index is 6.44. The fraction of sp³-hybridized carbons (Fsp3) is 0.524. The molecule has 0 amide bonds. The standard InChI is InChI=1S/C21H31O3Si.Li/c1-8-16-10-9-11-18-17(14-24-25(6,7)21(2,3)4)12-13-19(20(16)18)23-15-22-5;/h9-12H,8,14-15H2,1-7H3;/q-1;+1. The minimum absolute atomic E-state index is 0. The first kappa shape index (κ1) is 23.3. The number of hydrogen-bond acceptors (Lipinski definition) is 3. The summed E-state index contributed by atoms with van der Waals surface area (Å²) in [6.45, 7) is 14.4. The second kappa shape index (κ2) is 9.44. The molecule has 0 aliphatic rings. The molecule has 0 N–H and O–H groups in total. The van der Waals surface area contributed by atoms with Gasteiger partial charge in [-0.1, -0.05) is 56.8 Å². The maximum Gasteiger partial charge on any atom is 1.00 e. The average Bonchev–Trinajstić information content (AvgIpc) is 2.56. The Morgan fingerprint density at radius 1 is 1.12 bits per heavy atom. The van der Waals surface area contributed by atoms with Crippen LogP contribution in [0, 0.1) is 6.07 Å². The molecule has 138 valence electrons. The van der Waals surface area contributed by atoms with Gasteiger partial charge in [-0.3, -0.25) is 0 Å². The van der Waals surface area contributed by atoms with Crippen molar-refractivity contribution in [1.29, 1.82) is 0 Å². The van der Waals surface area contributed by atoms with E-state index in [1.54, 1.807) is 7.11 Å². The molecule has 0 aromatic heterocycles. The van der Waals surface area contributed by atoms with Gasteiger partial charge < -0.3 is 13.9 Å². The third-order valence-corrected chi connectivity index (χ3v) is 9.68. The molecule has 5 heteroatoms. The van der Waals surface area contributed by atoms with Gasteiger partial charge in [0.05, 0.1) is 0 Å². The van der Waals surface area contributed by atoms with Crippen molar-refractivity contribution in [2.24, 2.45) is 0 Å². The van der Waals surface area contributed by atoms with Gasteiger partial charge in [0.2, 0.25) is 0 Å². The predicted molar refractivity (Wildman–Crippen MR) is 107 cm³/mol. The van der Waals surface area contributed by atoms with Crippen LogP contribution in [-0.4, -0.2) is 22.2 Å². The summed E-state index contributed by atoms with van der Waals surface area (Å²) in [6, 6.07) is 11.7. The van der Waals surface area contributed by atoms with E-state index in [2.05, 4.69) is 65.1 Å². The molecule has 0 radical (unpaired) electrons. The quantitative estimate of drug-likeness (QED) is 0.428. The maximum atomic E-state index is 6.44. The molecule has 0 saturated carbocycles. The molecule has 0 spiro atoms. The molecule has 2 aromatic rings. The van der Waals surface area contributed by atoms with Gasteiger partial charge in [0.25, 0.3) is 0 Å². The van der Waals surface area contributed by atoms with Crippen LogP contribution in [0.2, 0.25) is 18.1 Å². The van der Waals surface area contributed by atoms with Crippen LogP contribution in [0.3, 0.4) is 0 Å². The van der Waals surface area contributed by atoms with Crippen molar-refractivity contribution in [2.75, 3.05) is 13.9 Å². The molecule has 26 heavy (non-hydrogen) atoms. The summed E-state index contributed by atoms with van der Waals surface area (Å²) >= 11 is 0. The molecular formula is C21H31LiO3Si. The van der Waals surface area contributed by atoms with Gasteiger partial charge in [-0.05, 0) is 24.6 Å². The molecule has 0 fully saturated rings. The van der Waals surface area contributed by atoms with Crippen LogP contribution < -0.4 is 23.6 Å². The Morgan fingerprint density at radius 2 is 1.81 bits per heavy atom. The minimum atomic E-state index is -1.80. The van der Waals surface area contributed by atoms with Crippen LogP contribution in [-0.2, 0) is 22.2 Å². The fourth-order valence-electron chi connectivity index (χ4n) is 2.56. The van der Waals surface area contributed by atoms with Crippen molar-refractivity contribution in [2.45, 2.75) is 58.9 Å². The second-order valence-electron chi connectivity index (χ2n) is 7.94. The Kier molecular flexibility index (Phi) is 8.45. The van der Waals surface area contributed by atoms with Gasteiger partial charge in [-0.2, -0.15) is 6.07 Å². The zero-order valence-electron chi connectivity index (χ0n) is 17.7. The van der Waals surface area contributed by atoms with Crippen molar-refractivity contribution < 1.29 is 32.8 Å². The van der Waals surface area contributed by atoms with E-state index in [0.717, 1.165) is 17.6 Å². The summed E-state index contributed by atoms with van der Waals surface area (Å²) in [4.78, 5) is 0. The van der Waals surface area contributed by atoms with E-state index >= 15 is 0 Å². The molecular weight excluding hydrogens is 335 g/mol. The molecule has 0 aliphatic heterocycles. The van der Waals surface area contributed by atoms with Gasteiger partial charge >= 0.3 is 18.9 Å². The normalized spacial score (nSPS) is 12.1. The van der Waals surface area contributed by atoms with Gasteiger partial charge in [-0.15, -0.1) is 17.0 Å². The summed E-state index contributed by atoms with van der Waals surface area (Å²) in [5, 5.41) is 2.50. The third-order valence-electron chi connectivity index (χ3n) is 5.20. The van der Waals surface area contributed by atoms with Crippen molar-refractivity contribution >= 4 is 19.1 Å². The zero-order chi connectivity index (χ0) is 18.7. The van der Waals surface area contributed by atoms with Crippen molar-refractivity contribution in [1.82, 2.24) is 0 Å². The third kappa shape index (κ3) is 5.15. The van der Waals surface area contributed by atoms with Crippen LogP contribution in [0.1, 0.15) is 38.8 Å². The van der Waals surface area contributed by atoms with E-state index in [1.807, 2.05) is 6.07 Å². The molecule has 0 heterocycles. The van der Waals surface area contributed by atoms with Gasteiger partial charge in [0.1, 0.15) is 0 Å². The van der Waals surface area contributed by atoms with Crippen LogP contribution >= 0.6 is 0 Å². The molecule has 0 bridgehead atoms. The Hall–Kier alpha value is -0.766. The van der Waals surface area contributed by atoms with Crippen LogP contribution in [0.4, 0.5) is 0 Å². The van der Waals surface area contributed by atoms with Gasteiger partial charge in [-0.25, -0.2) is 0 Å². The zero-order valence-corrected chi connectivity index (χ0v) is 18.7. The monoisotopic (exact) mass is 366 g/mol. The Morgan fingerprint density at radius 3 is 2.38 bits per heavy atom. The van der Waals surface area contributed by atoms with Gasteiger partial charge in [0.15, 0.2) is 15.1 Å². The molecule has 0 atom stereocenters. The second-order valence-corrected chi connectivity index (χ2v) is 12.7. The summed E-state index contributed by atoms with van der Waals surface area (Å²) < 4.78 is 17.3. The average molecular weight is 367 g/mol. The van der Waals surface area contributed by atoms with Gasteiger partial charge in [0, 0.05) is 19.5 Å². The molecule has 0 aliphatic carbocycles. The Balaban J connectivity index is 0.00000338.